The molecule has 5 nitrogen and oxygen atoms in total. The first kappa shape index (κ1) is 16.4. The highest BCUT2D eigenvalue weighted by atomic mass is 32.2. The van der Waals surface area contributed by atoms with Crippen molar-refractivity contribution in [3.8, 4) is 0 Å². The highest BCUT2D eigenvalue weighted by molar-refractivity contribution is 7.99. The molecule has 2 N–H and O–H groups in total. The van der Waals surface area contributed by atoms with Crippen LogP contribution < -0.4 is 4.72 Å². The number of carboxylic acids is 1. The summed E-state index contributed by atoms with van der Waals surface area (Å²) in [4.78, 5) is 11.8. The maximum atomic E-state index is 12.6. The third-order valence-electron chi connectivity index (χ3n) is 3.08. The molecular weight excluding hydrogens is 322 g/mol. The predicted octanol–water partition coefficient (Wildman–Crippen LogP) is 3.22. The number of rotatable bonds is 5. The number of thioether (sulfide) groups is 1. The molecule has 0 amide bonds. The highest BCUT2D eigenvalue weighted by Gasteiger charge is 2.20. The molecule has 7 heteroatoms. The summed E-state index contributed by atoms with van der Waals surface area (Å²) in [7, 11) is -3.86. The largest absolute Gasteiger partial charge is 0.478 e. The van der Waals surface area contributed by atoms with Gasteiger partial charge in [-0.05, 0) is 43.0 Å². The first-order chi connectivity index (χ1) is 10.3. The van der Waals surface area contributed by atoms with Crippen LogP contribution in [0.4, 0.5) is 5.69 Å². The minimum absolute atomic E-state index is 0.0386. The lowest BCUT2D eigenvalue weighted by atomic mass is 10.1. The van der Waals surface area contributed by atoms with Crippen molar-refractivity contribution < 1.29 is 18.3 Å². The highest BCUT2D eigenvalue weighted by Crippen LogP contribution is 2.28. The van der Waals surface area contributed by atoms with E-state index in [0.717, 1.165) is 4.90 Å². The fourth-order valence-corrected chi connectivity index (χ4v) is 3.92. The number of para-hydroxylation sites is 1. The Bertz CT molecular complexity index is 816. The molecule has 0 bridgehead atoms. The molecule has 2 aromatic carbocycles. The van der Waals surface area contributed by atoms with Crippen LogP contribution in [0, 0.1) is 6.92 Å². The second kappa shape index (κ2) is 6.41. The van der Waals surface area contributed by atoms with Gasteiger partial charge in [-0.25, -0.2) is 13.2 Å². The van der Waals surface area contributed by atoms with E-state index in [2.05, 4.69) is 4.72 Å². The van der Waals surface area contributed by atoms with Crippen molar-refractivity contribution >= 4 is 33.4 Å². The zero-order chi connectivity index (χ0) is 16.3. The monoisotopic (exact) mass is 337 g/mol. The molecule has 0 saturated heterocycles. The lowest BCUT2D eigenvalue weighted by Gasteiger charge is -2.13. The van der Waals surface area contributed by atoms with Crippen molar-refractivity contribution in [2.45, 2.75) is 16.7 Å². The van der Waals surface area contributed by atoms with Gasteiger partial charge in [0.25, 0.3) is 10.0 Å². The first-order valence-corrected chi connectivity index (χ1v) is 9.05. The van der Waals surface area contributed by atoms with Crippen LogP contribution in [-0.4, -0.2) is 25.7 Å². The maximum Gasteiger partial charge on any atom is 0.335 e. The Balaban J connectivity index is 2.47. The summed E-state index contributed by atoms with van der Waals surface area (Å²) in [5.74, 6) is -1.17. The first-order valence-electron chi connectivity index (χ1n) is 6.35. The van der Waals surface area contributed by atoms with Crippen molar-refractivity contribution in [3.63, 3.8) is 0 Å². The molecule has 0 radical (unpaired) electrons. The molecule has 22 heavy (non-hydrogen) atoms. The van der Waals surface area contributed by atoms with E-state index >= 15 is 0 Å². The van der Waals surface area contributed by atoms with Gasteiger partial charge in [0.15, 0.2) is 0 Å². The van der Waals surface area contributed by atoms with Crippen molar-refractivity contribution in [1.82, 2.24) is 0 Å². The zero-order valence-electron chi connectivity index (χ0n) is 12.0. The topological polar surface area (TPSA) is 83.5 Å². The van der Waals surface area contributed by atoms with Crippen LogP contribution in [0.3, 0.4) is 0 Å². The average Bonchev–Trinajstić information content (AvgIpc) is 2.47. The van der Waals surface area contributed by atoms with Crippen LogP contribution in [0.5, 0.6) is 0 Å². The molecule has 0 unspecified atom stereocenters. The average molecular weight is 337 g/mol. The number of nitrogens with one attached hydrogen (secondary N) is 1. The Kier molecular flexibility index (Phi) is 4.77. The SMILES string of the molecule is CSc1ccccc1NS(=O)(=O)c1cc(C(=O)O)ccc1C. The lowest BCUT2D eigenvalue weighted by Crippen LogP contribution is -2.15. The maximum absolute atomic E-state index is 12.6. The Labute approximate surface area is 133 Å². The molecule has 0 atom stereocenters. The van der Waals surface area contributed by atoms with E-state index in [0.29, 0.717) is 11.3 Å². The normalized spacial score (nSPS) is 11.2. The van der Waals surface area contributed by atoms with Gasteiger partial charge < -0.3 is 5.11 Å². The summed E-state index contributed by atoms with van der Waals surface area (Å²) in [5.41, 5.74) is 0.887. The van der Waals surface area contributed by atoms with Gasteiger partial charge in [0.05, 0.1) is 16.1 Å². The molecule has 0 saturated carbocycles. The number of hydrogen-bond acceptors (Lipinski definition) is 4. The predicted molar refractivity (Wildman–Crippen MR) is 87.2 cm³/mol. The van der Waals surface area contributed by atoms with Crippen molar-refractivity contribution in [2.75, 3.05) is 11.0 Å². The van der Waals surface area contributed by atoms with E-state index < -0.39 is 16.0 Å². The van der Waals surface area contributed by atoms with Gasteiger partial charge in [-0.2, -0.15) is 0 Å². The molecule has 0 aliphatic carbocycles. The third kappa shape index (κ3) is 3.42. The molecule has 2 aromatic rings. The number of carbonyl (C=O) groups is 1. The van der Waals surface area contributed by atoms with E-state index in [9.17, 15) is 13.2 Å². The van der Waals surface area contributed by atoms with Crippen molar-refractivity contribution in [1.29, 1.82) is 0 Å². The van der Waals surface area contributed by atoms with Crippen LogP contribution in [0.15, 0.2) is 52.3 Å². The van der Waals surface area contributed by atoms with Gasteiger partial charge in [0.2, 0.25) is 0 Å². The Morgan fingerprint density at radius 1 is 1.18 bits per heavy atom. The summed E-state index contributed by atoms with van der Waals surface area (Å²) in [5, 5.41) is 9.02. The van der Waals surface area contributed by atoms with Crippen LogP contribution in [-0.2, 0) is 10.0 Å². The number of carboxylic acid groups (broad SMARTS) is 1. The number of aryl methyl sites for hydroxylation is 1. The van der Waals surface area contributed by atoms with Crippen molar-refractivity contribution in [2.24, 2.45) is 0 Å². The van der Waals surface area contributed by atoms with Crippen LogP contribution >= 0.6 is 11.8 Å². The van der Waals surface area contributed by atoms with E-state index in [1.807, 2.05) is 18.4 Å². The van der Waals surface area contributed by atoms with Gasteiger partial charge in [0, 0.05) is 4.90 Å². The number of aromatic carboxylic acids is 1. The summed E-state index contributed by atoms with van der Waals surface area (Å²) < 4.78 is 27.6. The number of sulfonamides is 1. The lowest BCUT2D eigenvalue weighted by molar-refractivity contribution is 0.0696. The second-order valence-electron chi connectivity index (χ2n) is 4.59. The summed E-state index contributed by atoms with van der Waals surface area (Å²) in [6, 6.07) is 11.1. The minimum atomic E-state index is -3.86. The second-order valence-corrected chi connectivity index (χ2v) is 7.09. The molecule has 0 aliphatic heterocycles. The third-order valence-corrected chi connectivity index (χ3v) is 5.38. The quantitative estimate of drug-likeness (QED) is 0.819. The smallest absolute Gasteiger partial charge is 0.335 e. The molecule has 0 heterocycles. The molecule has 0 fully saturated rings. The van der Waals surface area contributed by atoms with Gasteiger partial charge >= 0.3 is 5.97 Å². The van der Waals surface area contributed by atoms with E-state index in [4.69, 9.17) is 5.11 Å². The molecule has 0 spiro atoms. The standard InChI is InChI=1S/C15H15NO4S2/c1-10-7-8-11(15(17)18)9-14(10)22(19,20)16-12-5-3-4-6-13(12)21-2/h3-9,16H,1-2H3,(H,17,18). The van der Waals surface area contributed by atoms with Gasteiger partial charge in [-0.1, -0.05) is 18.2 Å². The number of hydrogen-bond donors (Lipinski definition) is 2. The Hall–Kier alpha value is -1.99. The summed E-state index contributed by atoms with van der Waals surface area (Å²) in [6.07, 6.45) is 1.85. The Morgan fingerprint density at radius 3 is 2.50 bits per heavy atom. The zero-order valence-corrected chi connectivity index (χ0v) is 13.7. The molecule has 2 rings (SSSR count). The molecular formula is C15H15NO4S2. The molecule has 116 valence electrons. The molecule has 0 aliphatic rings. The Morgan fingerprint density at radius 2 is 1.86 bits per heavy atom. The van der Waals surface area contributed by atoms with Gasteiger partial charge in [-0.15, -0.1) is 11.8 Å². The van der Waals surface area contributed by atoms with Crippen molar-refractivity contribution in [3.05, 3.63) is 53.6 Å². The summed E-state index contributed by atoms with van der Waals surface area (Å²) >= 11 is 1.42. The van der Waals surface area contributed by atoms with Crippen LogP contribution in [0.25, 0.3) is 0 Å². The summed E-state index contributed by atoms with van der Waals surface area (Å²) in [6.45, 7) is 1.63. The van der Waals surface area contributed by atoms with E-state index in [1.165, 1.54) is 30.0 Å². The number of anilines is 1. The minimum Gasteiger partial charge on any atom is -0.478 e. The fraction of sp³-hybridized carbons (Fsp3) is 0.133. The van der Waals surface area contributed by atoms with E-state index in [1.54, 1.807) is 19.1 Å². The van der Waals surface area contributed by atoms with E-state index in [-0.39, 0.29) is 10.5 Å². The van der Waals surface area contributed by atoms with Crippen LogP contribution in [0.1, 0.15) is 15.9 Å². The molecule has 0 aromatic heterocycles. The van der Waals surface area contributed by atoms with Gasteiger partial charge in [0.1, 0.15) is 0 Å². The van der Waals surface area contributed by atoms with Gasteiger partial charge in [-0.3, -0.25) is 4.72 Å². The van der Waals surface area contributed by atoms with Crippen LogP contribution in [0.2, 0.25) is 0 Å². The fourth-order valence-electron chi connectivity index (χ4n) is 1.95. The number of benzene rings is 2.